The zero-order valence-corrected chi connectivity index (χ0v) is 10.2. The van der Waals surface area contributed by atoms with Gasteiger partial charge in [0.15, 0.2) is 5.78 Å². The molecule has 1 aromatic carbocycles. The van der Waals surface area contributed by atoms with Crippen molar-refractivity contribution >= 4 is 27.3 Å². The molecule has 3 heteroatoms. The number of carbonyl (C=O) groups excluding carboxylic acids is 1. The second-order valence-electron chi connectivity index (χ2n) is 3.94. The second kappa shape index (κ2) is 4.58. The lowest BCUT2D eigenvalue weighted by Crippen LogP contribution is -1.98. The molecule has 0 saturated heterocycles. The molecule has 0 aliphatic rings. The molecule has 0 aliphatic heterocycles. The van der Waals surface area contributed by atoms with Gasteiger partial charge >= 0.3 is 0 Å². The van der Waals surface area contributed by atoms with E-state index in [-0.39, 0.29) is 5.78 Å². The third-order valence-electron chi connectivity index (χ3n) is 2.11. The molecule has 0 N–H and O–H groups in total. The highest BCUT2D eigenvalue weighted by Crippen LogP contribution is 2.21. The Bertz CT molecular complexity index is 517. The van der Waals surface area contributed by atoms with Crippen LogP contribution in [-0.4, -0.2) is 10.8 Å². The lowest BCUT2D eigenvalue weighted by molar-refractivity contribution is -0.114. The smallest absolute Gasteiger partial charge is 0.162 e. The summed E-state index contributed by atoms with van der Waals surface area (Å²) in [7, 11) is 0. The summed E-state index contributed by atoms with van der Waals surface area (Å²) in [6.07, 6.45) is 2.08. The maximum absolute atomic E-state index is 11.6. The normalized spacial score (nSPS) is 10.4. The van der Waals surface area contributed by atoms with Crippen LogP contribution in [0.15, 0.2) is 35.9 Å². The Kier molecular flexibility index (Phi) is 3.15. The van der Waals surface area contributed by atoms with Gasteiger partial charge in [-0.1, -0.05) is 17.7 Å². The topological polar surface area (TPSA) is 30.0 Å². The van der Waals surface area contributed by atoms with E-state index in [1.165, 1.54) is 0 Å². The Labute approximate surface area is 98.6 Å². The number of thiazole rings is 1. The van der Waals surface area contributed by atoms with Gasteiger partial charge in [0.25, 0.3) is 0 Å². The molecule has 82 valence electrons. The van der Waals surface area contributed by atoms with E-state index < -0.39 is 0 Å². The molecule has 2 nitrogen and oxygen atoms in total. The molecule has 2 aromatic rings. The number of fused-ring (bicyclic) bond motifs is 1. The first-order valence-electron chi connectivity index (χ1n) is 5.17. The summed E-state index contributed by atoms with van der Waals surface area (Å²) >= 11 is 1.59. The van der Waals surface area contributed by atoms with Gasteiger partial charge in [-0.2, -0.15) is 0 Å². The fourth-order valence-corrected chi connectivity index (χ4v) is 2.49. The van der Waals surface area contributed by atoms with Crippen molar-refractivity contribution in [3.8, 4) is 0 Å². The van der Waals surface area contributed by atoms with Crippen molar-refractivity contribution in [1.29, 1.82) is 0 Å². The van der Waals surface area contributed by atoms with E-state index in [4.69, 9.17) is 0 Å². The van der Waals surface area contributed by atoms with Crippen LogP contribution in [0.4, 0.5) is 0 Å². The highest BCUT2D eigenvalue weighted by atomic mass is 32.1. The van der Waals surface area contributed by atoms with Crippen molar-refractivity contribution in [1.82, 2.24) is 4.98 Å². The fraction of sp³-hybridized carbons (Fsp3) is 0.231. The Balaban J connectivity index is 2.22. The molecule has 0 radical (unpaired) electrons. The highest BCUT2D eigenvalue weighted by Gasteiger charge is 2.06. The predicted octanol–water partition coefficient (Wildman–Crippen LogP) is 3.37. The van der Waals surface area contributed by atoms with Crippen LogP contribution in [0.3, 0.4) is 0 Å². The van der Waals surface area contributed by atoms with Crippen LogP contribution >= 0.6 is 11.3 Å². The van der Waals surface area contributed by atoms with E-state index in [1.807, 2.05) is 38.1 Å². The monoisotopic (exact) mass is 231 g/mol. The zero-order chi connectivity index (χ0) is 11.5. The first kappa shape index (κ1) is 11.0. The van der Waals surface area contributed by atoms with Crippen molar-refractivity contribution in [2.24, 2.45) is 0 Å². The Morgan fingerprint density at radius 1 is 1.38 bits per heavy atom. The van der Waals surface area contributed by atoms with Crippen LogP contribution in [0.1, 0.15) is 18.9 Å². The maximum Gasteiger partial charge on any atom is 0.162 e. The number of benzene rings is 1. The van der Waals surface area contributed by atoms with Crippen molar-refractivity contribution in [2.75, 3.05) is 0 Å². The van der Waals surface area contributed by atoms with E-state index in [1.54, 1.807) is 17.4 Å². The average Bonchev–Trinajstić information content (AvgIpc) is 2.57. The lowest BCUT2D eigenvalue weighted by Gasteiger charge is -1.91. The Morgan fingerprint density at radius 2 is 2.12 bits per heavy atom. The van der Waals surface area contributed by atoms with Gasteiger partial charge in [0.2, 0.25) is 0 Å². The van der Waals surface area contributed by atoms with Crippen LogP contribution in [-0.2, 0) is 11.2 Å². The fourth-order valence-electron chi connectivity index (χ4n) is 1.52. The van der Waals surface area contributed by atoms with Crippen molar-refractivity contribution in [3.05, 3.63) is 40.9 Å². The molecule has 1 aromatic heterocycles. The van der Waals surface area contributed by atoms with Crippen molar-refractivity contribution < 1.29 is 4.79 Å². The molecule has 0 aliphatic carbocycles. The number of aromatic nitrogens is 1. The lowest BCUT2D eigenvalue weighted by atomic mass is 10.2. The number of nitrogens with zero attached hydrogens (tertiary/aromatic N) is 1. The largest absolute Gasteiger partial charge is 0.294 e. The summed E-state index contributed by atoms with van der Waals surface area (Å²) in [5, 5.41) is 0.892. The first-order chi connectivity index (χ1) is 7.65. The number of para-hydroxylation sites is 1. The van der Waals surface area contributed by atoms with E-state index in [9.17, 15) is 4.79 Å². The first-order valence-corrected chi connectivity index (χ1v) is 5.99. The third-order valence-corrected chi connectivity index (χ3v) is 3.15. The van der Waals surface area contributed by atoms with E-state index in [0.29, 0.717) is 6.42 Å². The Morgan fingerprint density at radius 3 is 2.81 bits per heavy atom. The van der Waals surface area contributed by atoms with Crippen LogP contribution in [0.2, 0.25) is 0 Å². The molecule has 0 bridgehead atoms. The summed E-state index contributed by atoms with van der Waals surface area (Å²) < 4.78 is 1.14. The van der Waals surface area contributed by atoms with E-state index in [2.05, 4.69) is 4.98 Å². The minimum atomic E-state index is 0.124. The van der Waals surface area contributed by atoms with Crippen LogP contribution in [0, 0.1) is 0 Å². The van der Waals surface area contributed by atoms with Gasteiger partial charge < -0.3 is 0 Å². The SMILES string of the molecule is CC(C)=CC(=O)Cc1nc2ccccc2s1. The zero-order valence-electron chi connectivity index (χ0n) is 9.36. The number of allylic oxidation sites excluding steroid dienone is 2. The summed E-state index contributed by atoms with van der Waals surface area (Å²) in [5.41, 5.74) is 2.01. The molecule has 0 fully saturated rings. The number of carbonyl (C=O) groups is 1. The molecule has 0 spiro atoms. The van der Waals surface area contributed by atoms with Crippen LogP contribution < -0.4 is 0 Å². The van der Waals surface area contributed by atoms with Crippen molar-refractivity contribution in [2.45, 2.75) is 20.3 Å². The molecule has 0 amide bonds. The summed E-state index contributed by atoms with van der Waals surface area (Å²) in [6.45, 7) is 3.85. The quantitative estimate of drug-likeness (QED) is 0.758. The van der Waals surface area contributed by atoms with Gasteiger partial charge in [0.05, 0.1) is 16.6 Å². The average molecular weight is 231 g/mol. The summed E-state index contributed by atoms with van der Waals surface area (Å²) in [6, 6.07) is 7.95. The van der Waals surface area contributed by atoms with Gasteiger partial charge in [-0.05, 0) is 32.1 Å². The second-order valence-corrected chi connectivity index (χ2v) is 5.06. The van der Waals surface area contributed by atoms with Gasteiger partial charge in [0.1, 0.15) is 5.01 Å². The number of rotatable bonds is 3. The van der Waals surface area contributed by atoms with Crippen LogP contribution in [0.5, 0.6) is 0 Å². The number of ketones is 1. The highest BCUT2D eigenvalue weighted by molar-refractivity contribution is 7.18. The Hall–Kier alpha value is -1.48. The number of hydrogen-bond acceptors (Lipinski definition) is 3. The van der Waals surface area contributed by atoms with Gasteiger partial charge in [-0.15, -0.1) is 11.3 Å². The molecule has 0 saturated carbocycles. The standard InChI is InChI=1S/C13H13NOS/c1-9(2)7-10(15)8-13-14-11-5-3-4-6-12(11)16-13/h3-7H,8H2,1-2H3. The van der Waals surface area contributed by atoms with E-state index >= 15 is 0 Å². The van der Waals surface area contributed by atoms with Gasteiger partial charge in [-0.25, -0.2) is 4.98 Å². The molecule has 2 rings (SSSR count). The molecule has 0 atom stereocenters. The van der Waals surface area contributed by atoms with E-state index in [0.717, 1.165) is 20.8 Å². The minimum Gasteiger partial charge on any atom is -0.294 e. The molecule has 16 heavy (non-hydrogen) atoms. The van der Waals surface area contributed by atoms with Crippen molar-refractivity contribution in [3.63, 3.8) is 0 Å². The molecule has 1 heterocycles. The number of hydrogen-bond donors (Lipinski definition) is 0. The summed E-state index contributed by atoms with van der Waals surface area (Å²) in [5.74, 6) is 0.124. The maximum atomic E-state index is 11.6. The van der Waals surface area contributed by atoms with Crippen LogP contribution in [0.25, 0.3) is 10.2 Å². The van der Waals surface area contributed by atoms with Gasteiger partial charge in [-0.3, -0.25) is 4.79 Å². The molecular weight excluding hydrogens is 218 g/mol. The third kappa shape index (κ3) is 2.55. The van der Waals surface area contributed by atoms with Gasteiger partial charge in [0, 0.05) is 0 Å². The summed E-state index contributed by atoms with van der Waals surface area (Å²) in [4.78, 5) is 16.0. The predicted molar refractivity (Wildman–Crippen MR) is 67.8 cm³/mol. The molecule has 0 unspecified atom stereocenters. The molecular formula is C13H13NOS. The minimum absolute atomic E-state index is 0.124.